The van der Waals surface area contributed by atoms with Gasteiger partial charge in [-0.05, 0) is 28.8 Å². The van der Waals surface area contributed by atoms with E-state index in [-0.39, 0.29) is 5.75 Å². The maximum absolute atomic E-state index is 9.74. The minimum absolute atomic E-state index is 0.166. The number of rotatable bonds is 7. The Hall–Kier alpha value is -2.04. The summed E-state index contributed by atoms with van der Waals surface area (Å²) >= 11 is 0. The van der Waals surface area contributed by atoms with Crippen LogP contribution in [0.4, 0.5) is 0 Å². The van der Waals surface area contributed by atoms with Crippen molar-refractivity contribution < 1.29 is 14.6 Å². The third-order valence-corrected chi connectivity index (χ3v) is 3.20. The Bertz CT molecular complexity index is 584. The molecule has 2 aromatic rings. The molecule has 0 spiro atoms. The molecule has 0 bridgehead atoms. The highest BCUT2D eigenvalue weighted by Gasteiger charge is 2.02. The fourth-order valence-corrected chi connectivity index (χ4v) is 2.19. The number of phenols is 1. The first kappa shape index (κ1) is 15.4. The maximum Gasteiger partial charge on any atom is 0.160 e. The molecular formula is C17H21NO3. The van der Waals surface area contributed by atoms with Gasteiger partial charge >= 0.3 is 0 Å². The van der Waals surface area contributed by atoms with E-state index >= 15 is 0 Å². The first-order valence-electron chi connectivity index (χ1n) is 6.86. The molecule has 2 N–H and O–H groups in total. The van der Waals surface area contributed by atoms with Crippen LogP contribution in [0.15, 0.2) is 42.5 Å². The van der Waals surface area contributed by atoms with Crippen LogP contribution in [0, 0.1) is 0 Å². The number of aromatic hydroxyl groups is 1. The molecule has 0 heterocycles. The summed E-state index contributed by atoms with van der Waals surface area (Å²) in [4.78, 5) is 0. The molecule has 0 aliphatic rings. The lowest BCUT2D eigenvalue weighted by molar-refractivity contribution is 0.185. The summed E-state index contributed by atoms with van der Waals surface area (Å²) in [7, 11) is 3.24. The molecular weight excluding hydrogens is 266 g/mol. The van der Waals surface area contributed by atoms with E-state index in [4.69, 9.17) is 9.47 Å². The van der Waals surface area contributed by atoms with Gasteiger partial charge in [-0.15, -0.1) is 0 Å². The monoisotopic (exact) mass is 287 g/mol. The van der Waals surface area contributed by atoms with Crippen LogP contribution in [0.3, 0.4) is 0 Å². The van der Waals surface area contributed by atoms with Crippen molar-refractivity contribution in [2.75, 3.05) is 14.2 Å². The molecule has 0 amide bonds. The van der Waals surface area contributed by atoms with Crippen molar-refractivity contribution >= 4 is 0 Å². The Morgan fingerprint density at radius 3 is 2.33 bits per heavy atom. The second kappa shape index (κ2) is 7.67. The lowest BCUT2D eigenvalue weighted by atomic mass is 10.1. The van der Waals surface area contributed by atoms with Gasteiger partial charge in [0.1, 0.15) is 0 Å². The van der Waals surface area contributed by atoms with Gasteiger partial charge in [-0.25, -0.2) is 0 Å². The third-order valence-electron chi connectivity index (χ3n) is 3.20. The predicted octanol–water partition coefficient (Wildman–Crippen LogP) is 2.84. The molecule has 0 radical (unpaired) electrons. The molecule has 0 atom stereocenters. The number of ether oxygens (including phenoxy) is 2. The fraction of sp³-hybridized carbons (Fsp3) is 0.294. The zero-order chi connectivity index (χ0) is 15.1. The van der Waals surface area contributed by atoms with E-state index in [9.17, 15) is 5.11 Å². The minimum atomic E-state index is 0.166. The standard InChI is InChI=1S/C17H21NO3/c1-20-12-15-5-3-4-13(8-15)10-18-11-14-6-7-17(21-2)16(19)9-14/h3-9,18-19H,10-12H2,1-2H3. The third kappa shape index (κ3) is 4.48. The number of hydrogen-bond donors (Lipinski definition) is 2. The molecule has 0 aromatic heterocycles. The average Bonchev–Trinajstić information content (AvgIpc) is 2.48. The van der Waals surface area contributed by atoms with Gasteiger partial charge in [0.25, 0.3) is 0 Å². The van der Waals surface area contributed by atoms with Gasteiger partial charge in [0.2, 0.25) is 0 Å². The van der Waals surface area contributed by atoms with Crippen LogP contribution in [-0.2, 0) is 24.4 Å². The Morgan fingerprint density at radius 2 is 1.67 bits per heavy atom. The molecule has 112 valence electrons. The number of nitrogens with one attached hydrogen (secondary N) is 1. The molecule has 2 rings (SSSR count). The zero-order valence-corrected chi connectivity index (χ0v) is 12.4. The van der Waals surface area contributed by atoms with Crippen molar-refractivity contribution in [3.05, 3.63) is 59.2 Å². The molecule has 21 heavy (non-hydrogen) atoms. The van der Waals surface area contributed by atoms with Gasteiger partial charge in [-0.2, -0.15) is 0 Å². The van der Waals surface area contributed by atoms with E-state index in [1.165, 1.54) is 11.1 Å². The number of benzene rings is 2. The quantitative estimate of drug-likeness (QED) is 0.822. The molecule has 0 aliphatic heterocycles. The van der Waals surface area contributed by atoms with Gasteiger partial charge in [-0.3, -0.25) is 0 Å². The largest absolute Gasteiger partial charge is 0.504 e. The fourth-order valence-electron chi connectivity index (χ4n) is 2.19. The normalized spacial score (nSPS) is 10.6. The van der Waals surface area contributed by atoms with Crippen molar-refractivity contribution in [3.63, 3.8) is 0 Å². The highest BCUT2D eigenvalue weighted by Crippen LogP contribution is 2.26. The van der Waals surface area contributed by atoms with Crippen LogP contribution in [0.25, 0.3) is 0 Å². The van der Waals surface area contributed by atoms with Gasteiger partial charge in [0.05, 0.1) is 13.7 Å². The second-order valence-electron chi connectivity index (χ2n) is 4.86. The summed E-state index contributed by atoms with van der Waals surface area (Å²) in [5, 5.41) is 13.1. The van der Waals surface area contributed by atoms with E-state index in [0.717, 1.165) is 12.1 Å². The first-order valence-corrected chi connectivity index (χ1v) is 6.86. The van der Waals surface area contributed by atoms with Crippen LogP contribution in [0.2, 0.25) is 0 Å². The first-order chi connectivity index (χ1) is 10.2. The van der Waals surface area contributed by atoms with Crippen LogP contribution in [0.1, 0.15) is 16.7 Å². The van der Waals surface area contributed by atoms with Gasteiger partial charge < -0.3 is 19.9 Å². The number of phenolic OH excluding ortho intramolecular Hbond substituents is 1. The van der Waals surface area contributed by atoms with Crippen LogP contribution in [-0.4, -0.2) is 19.3 Å². The Balaban J connectivity index is 1.89. The van der Waals surface area contributed by atoms with Crippen molar-refractivity contribution in [1.82, 2.24) is 5.32 Å². The van der Waals surface area contributed by atoms with Crippen LogP contribution < -0.4 is 10.1 Å². The van der Waals surface area contributed by atoms with Gasteiger partial charge in [0, 0.05) is 20.2 Å². The molecule has 0 saturated carbocycles. The van der Waals surface area contributed by atoms with E-state index in [1.807, 2.05) is 12.1 Å². The number of methoxy groups -OCH3 is 2. The van der Waals surface area contributed by atoms with E-state index in [2.05, 4.69) is 23.5 Å². The predicted molar refractivity (Wildman–Crippen MR) is 82.4 cm³/mol. The SMILES string of the molecule is COCc1cccc(CNCc2ccc(OC)c(O)c2)c1. The summed E-state index contributed by atoms with van der Waals surface area (Å²) in [6.07, 6.45) is 0. The van der Waals surface area contributed by atoms with Gasteiger partial charge in [0.15, 0.2) is 11.5 Å². The van der Waals surface area contributed by atoms with Crippen LogP contribution in [0.5, 0.6) is 11.5 Å². The van der Waals surface area contributed by atoms with E-state index in [1.54, 1.807) is 26.4 Å². The maximum atomic E-state index is 9.74. The van der Waals surface area contributed by atoms with Gasteiger partial charge in [-0.1, -0.05) is 30.3 Å². The summed E-state index contributed by atoms with van der Waals surface area (Å²) < 4.78 is 10.2. The van der Waals surface area contributed by atoms with Crippen LogP contribution >= 0.6 is 0 Å². The molecule has 4 nitrogen and oxygen atoms in total. The highest BCUT2D eigenvalue weighted by atomic mass is 16.5. The molecule has 0 aliphatic carbocycles. The summed E-state index contributed by atoms with van der Waals surface area (Å²) in [6, 6.07) is 13.7. The average molecular weight is 287 g/mol. The highest BCUT2D eigenvalue weighted by molar-refractivity contribution is 5.41. The van der Waals surface area contributed by atoms with Crippen molar-refractivity contribution in [2.45, 2.75) is 19.7 Å². The zero-order valence-electron chi connectivity index (χ0n) is 12.4. The molecule has 2 aromatic carbocycles. The topological polar surface area (TPSA) is 50.7 Å². The van der Waals surface area contributed by atoms with Crippen molar-refractivity contribution in [3.8, 4) is 11.5 Å². The molecule has 4 heteroatoms. The van der Waals surface area contributed by atoms with E-state index < -0.39 is 0 Å². The summed E-state index contributed by atoms with van der Waals surface area (Å²) in [6.45, 7) is 2.08. The van der Waals surface area contributed by atoms with E-state index in [0.29, 0.717) is 18.9 Å². The molecule has 0 saturated heterocycles. The second-order valence-corrected chi connectivity index (χ2v) is 4.86. The minimum Gasteiger partial charge on any atom is -0.504 e. The number of hydrogen-bond acceptors (Lipinski definition) is 4. The Morgan fingerprint density at radius 1 is 0.952 bits per heavy atom. The lowest BCUT2D eigenvalue weighted by Gasteiger charge is -2.09. The van der Waals surface area contributed by atoms with Crippen molar-refractivity contribution in [1.29, 1.82) is 0 Å². The Labute approximate surface area is 125 Å². The summed E-state index contributed by atoms with van der Waals surface area (Å²) in [5.74, 6) is 0.657. The summed E-state index contributed by atoms with van der Waals surface area (Å²) in [5.41, 5.74) is 3.39. The van der Waals surface area contributed by atoms with Crippen molar-refractivity contribution in [2.24, 2.45) is 0 Å². The smallest absolute Gasteiger partial charge is 0.160 e. The lowest BCUT2D eigenvalue weighted by Crippen LogP contribution is -2.12. The Kier molecular flexibility index (Phi) is 5.60. The molecule has 0 unspecified atom stereocenters. The molecule has 0 fully saturated rings.